The molecule has 1 heterocycles. The molecule has 3 heteroatoms. The van der Waals surface area contributed by atoms with Gasteiger partial charge in [0.15, 0.2) is 0 Å². The molecule has 0 atom stereocenters. The molecule has 1 amide bonds. The van der Waals surface area contributed by atoms with Gasteiger partial charge in [-0.2, -0.15) is 0 Å². The SMILES string of the molecule is CC(=O)NC1CC(C)(C)N(C)C(C)(C)C1. The maximum Gasteiger partial charge on any atom is 0.217 e. The minimum atomic E-state index is 0.0798. The van der Waals surface area contributed by atoms with Crippen molar-refractivity contribution in [2.75, 3.05) is 7.05 Å². The van der Waals surface area contributed by atoms with Gasteiger partial charge in [-0.3, -0.25) is 9.69 Å². The zero-order chi connectivity index (χ0) is 11.9. The molecule has 0 bridgehead atoms. The van der Waals surface area contributed by atoms with Gasteiger partial charge in [0.25, 0.3) is 0 Å². The monoisotopic (exact) mass is 212 g/mol. The van der Waals surface area contributed by atoms with Crippen molar-refractivity contribution in [2.24, 2.45) is 0 Å². The van der Waals surface area contributed by atoms with Crippen molar-refractivity contribution in [1.82, 2.24) is 10.2 Å². The number of hydrogen-bond donors (Lipinski definition) is 1. The van der Waals surface area contributed by atoms with E-state index in [2.05, 4.69) is 45.0 Å². The summed E-state index contributed by atoms with van der Waals surface area (Å²) in [5.74, 6) is 0.0798. The van der Waals surface area contributed by atoms with Crippen LogP contribution in [0.2, 0.25) is 0 Å². The van der Waals surface area contributed by atoms with Crippen LogP contribution in [0.3, 0.4) is 0 Å². The van der Waals surface area contributed by atoms with E-state index in [9.17, 15) is 4.79 Å². The largest absolute Gasteiger partial charge is 0.353 e. The highest BCUT2D eigenvalue weighted by Crippen LogP contribution is 2.36. The summed E-state index contributed by atoms with van der Waals surface area (Å²) in [5.41, 5.74) is 0.295. The maximum atomic E-state index is 11.1. The minimum Gasteiger partial charge on any atom is -0.353 e. The third kappa shape index (κ3) is 2.71. The standard InChI is InChI=1S/C12H24N2O/c1-9(15)13-10-7-11(2,3)14(6)12(4,5)8-10/h10H,7-8H2,1-6H3,(H,13,15). The van der Waals surface area contributed by atoms with Gasteiger partial charge in [-0.05, 0) is 47.6 Å². The Morgan fingerprint density at radius 1 is 1.20 bits per heavy atom. The van der Waals surface area contributed by atoms with Gasteiger partial charge in [-0.25, -0.2) is 0 Å². The van der Waals surface area contributed by atoms with Crippen LogP contribution in [0.15, 0.2) is 0 Å². The summed E-state index contributed by atoms with van der Waals surface area (Å²) in [6.07, 6.45) is 2.04. The number of nitrogens with one attached hydrogen (secondary N) is 1. The van der Waals surface area contributed by atoms with Crippen molar-refractivity contribution in [3.05, 3.63) is 0 Å². The molecule has 0 radical (unpaired) electrons. The molecule has 1 saturated heterocycles. The molecule has 1 N–H and O–H groups in total. The van der Waals surface area contributed by atoms with Crippen LogP contribution in [0.25, 0.3) is 0 Å². The first kappa shape index (κ1) is 12.5. The quantitative estimate of drug-likeness (QED) is 0.718. The van der Waals surface area contributed by atoms with E-state index in [0.717, 1.165) is 12.8 Å². The lowest BCUT2D eigenvalue weighted by atomic mass is 9.77. The first-order valence-corrected chi connectivity index (χ1v) is 5.66. The number of hydrogen-bond acceptors (Lipinski definition) is 2. The van der Waals surface area contributed by atoms with Crippen LogP contribution in [0.1, 0.15) is 47.5 Å². The van der Waals surface area contributed by atoms with Crippen LogP contribution in [0.5, 0.6) is 0 Å². The predicted octanol–water partition coefficient (Wildman–Crippen LogP) is 1.77. The van der Waals surface area contributed by atoms with Crippen LogP contribution in [-0.4, -0.2) is 35.0 Å². The zero-order valence-electron chi connectivity index (χ0n) is 10.8. The van der Waals surface area contributed by atoms with E-state index in [0.29, 0.717) is 6.04 Å². The van der Waals surface area contributed by atoms with E-state index in [-0.39, 0.29) is 17.0 Å². The van der Waals surface area contributed by atoms with Gasteiger partial charge >= 0.3 is 0 Å². The lowest BCUT2D eigenvalue weighted by Crippen LogP contribution is -2.62. The molecule has 1 rings (SSSR count). The summed E-state index contributed by atoms with van der Waals surface area (Å²) in [5, 5.41) is 3.05. The summed E-state index contributed by atoms with van der Waals surface area (Å²) >= 11 is 0. The Labute approximate surface area is 93.2 Å². The molecule has 1 fully saturated rings. The molecule has 15 heavy (non-hydrogen) atoms. The molecule has 0 aliphatic carbocycles. The first-order chi connectivity index (χ1) is 6.65. The predicted molar refractivity (Wildman–Crippen MR) is 62.8 cm³/mol. The normalized spacial score (nSPS) is 26.3. The van der Waals surface area contributed by atoms with Gasteiger partial charge in [-0.15, -0.1) is 0 Å². The molecular weight excluding hydrogens is 188 g/mol. The summed E-state index contributed by atoms with van der Waals surface area (Å²) in [6.45, 7) is 10.6. The van der Waals surface area contributed by atoms with E-state index >= 15 is 0 Å². The van der Waals surface area contributed by atoms with Crippen LogP contribution in [-0.2, 0) is 4.79 Å². The third-order valence-electron chi connectivity index (χ3n) is 3.72. The molecule has 0 aromatic rings. The second-order valence-corrected chi connectivity index (χ2v) is 5.99. The van der Waals surface area contributed by atoms with Gasteiger partial charge in [0.05, 0.1) is 0 Å². The Morgan fingerprint density at radius 2 is 1.60 bits per heavy atom. The van der Waals surface area contributed by atoms with E-state index in [1.54, 1.807) is 6.92 Å². The molecule has 1 aliphatic rings. The fourth-order valence-electron chi connectivity index (χ4n) is 2.76. The van der Waals surface area contributed by atoms with Gasteiger partial charge in [0, 0.05) is 24.0 Å². The molecule has 0 unspecified atom stereocenters. The number of carbonyl (C=O) groups is 1. The third-order valence-corrected chi connectivity index (χ3v) is 3.72. The number of likely N-dealkylation sites (tertiary alicyclic amines) is 1. The average molecular weight is 212 g/mol. The fourth-order valence-corrected chi connectivity index (χ4v) is 2.76. The van der Waals surface area contributed by atoms with Crippen molar-refractivity contribution >= 4 is 5.91 Å². The minimum absolute atomic E-state index is 0.0798. The Balaban J connectivity index is 2.79. The molecule has 0 spiro atoms. The van der Waals surface area contributed by atoms with Crippen LogP contribution >= 0.6 is 0 Å². The highest BCUT2D eigenvalue weighted by molar-refractivity contribution is 5.73. The number of amides is 1. The highest BCUT2D eigenvalue weighted by atomic mass is 16.1. The van der Waals surface area contributed by atoms with Crippen LogP contribution < -0.4 is 5.32 Å². The highest BCUT2D eigenvalue weighted by Gasteiger charge is 2.43. The number of carbonyl (C=O) groups excluding carboxylic acids is 1. The van der Waals surface area contributed by atoms with Crippen LogP contribution in [0, 0.1) is 0 Å². The molecule has 0 aromatic carbocycles. The van der Waals surface area contributed by atoms with Crippen molar-refractivity contribution in [3.63, 3.8) is 0 Å². The number of piperidine rings is 1. The molecule has 0 saturated carbocycles. The molecule has 1 aliphatic heterocycles. The van der Waals surface area contributed by atoms with Crippen molar-refractivity contribution in [2.45, 2.75) is 64.6 Å². The second kappa shape index (κ2) is 3.78. The Bertz CT molecular complexity index is 240. The van der Waals surface area contributed by atoms with Gasteiger partial charge in [0.2, 0.25) is 5.91 Å². The van der Waals surface area contributed by atoms with Crippen LogP contribution in [0.4, 0.5) is 0 Å². The van der Waals surface area contributed by atoms with Crippen molar-refractivity contribution in [1.29, 1.82) is 0 Å². The van der Waals surface area contributed by atoms with Crippen molar-refractivity contribution < 1.29 is 4.79 Å². The molecule has 88 valence electrons. The van der Waals surface area contributed by atoms with Crippen molar-refractivity contribution in [3.8, 4) is 0 Å². The van der Waals surface area contributed by atoms with Gasteiger partial charge in [0.1, 0.15) is 0 Å². The lowest BCUT2D eigenvalue weighted by molar-refractivity contribution is -0.121. The van der Waals surface area contributed by atoms with E-state index in [1.165, 1.54) is 0 Å². The average Bonchev–Trinajstić information content (AvgIpc) is 1.97. The molecule has 3 nitrogen and oxygen atoms in total. The first-order valence-electron chi connectivity index (χ1n) is 5.66. The second-order valence-electron chi connectivity index (χ2n) is 5.99. The fraction of sp³-hybridized carbons (Fsp3) is 0.917. The lowest BCUT2D eigenvalue weighted by Gasteiger charge is -2.53. The molecule has 0 aromatic heterocycles. The summed E-state index contributed by atoms with van der Waals surface area (Å²) in [7, 11) is 2.17. The van der Waals surface area contributed by atoms with E-state index < -0.39 is 0 Å². The Kier molecular flexibility index (Phi) is 3.15. The maximum absolute atomic E-state index is 11.1. The molecular formula is C12H24N2O. The summed E-state index contributed by atoms with van der Waals surface area (Å²) in [4.78, 5) is 13.5. The van der Waals surface area contributed by atoms with Gasteiger partial charge < -0.3 is 5.32 Å². The summed E-state index contributed by atoms with van der Waals surface area (Å²) in [6, 6.07) is 0.309. The number of nitrogens with zero attached hydrogens (tertiary/aromatic N) is 1. The summed E-state index contributed by atoms with van der Waals surface area (Å²) < 4.78 is 0. The topological polar surface area (TPSA) is 32.3 Å². The zero-order valence-corrected chi connectivity index (χ0v) is 10.8. The van der Waals surface area contributed by atoms with Gasteiger partial charge in [-0.1, -0.05) is 0 Å². The Morgan fingerprint density at radius 3 is 1.93 bits per heavy atom. The van der Waals surface area contributed by atoms with E-state index in [1.807, 2.05) is 0 Å². The smallest absolute Gasteiger partial charge is 0.217 e. The number of rotatable bonds is 1. The Hall–Kier alpha value is -0.570. The van der Waals surface area contributed by atoms with E-state index in [4.69, 9.17) is 0 Å².